The van der Waals surface area contributed by atoms with Gasteiger partial charge in [0.1, 0.15) is 0 Å². The predicted octanol–water partition coefficient (Wildman–Crippen LogP) is 1.96. The molecule has 0 radical (unpaired) electrons. The van der Waals surface area contributed by atoms with Crippen molar-refractivity contribution >= 4 is 11.8 Å². The zero-order chi connectivity index (χ0) is 10.8. The van der Waals surface area contributed by atoms with Crippen LogP contribution in [0.15, 0.2) is 0 Å². The van der Waals surface area contributed by atoms with Crippen LogP contribution >= 0.6 is 11.8 Å². The van der Waals surface area contributed by atoms with Crippen LogP contribution in [-0.4, -0.2) is 48.1 Å². The molecular formula is C13H24N2S. The Bertz CT molecular complexity index is 218. The van der Waals surface area contributed by atoms with E-state index in [0.717, 1.165) is 18.0 Å². The number of nitrogens with one attached hydrogen (secondary N) is 1. The van der Waals surface area contributed by atoms with E-state index in [4.69, 9.17) is 0 Å². The molecule has 3 heteroatoms. The third-order valence-corrected chi connectivity index (χ3v) is 5.46. The van der Waals surface area contributed by atoms with Crippen LogP contribution in [0.1, 0.15) is 32.1 Å². The van der Waals surface area contributed by atoms with Crippen LogP contribution < -0.4 is 5.32 Å². The molecule has 1 unspecified atom stereocenters. The number of nitrogens with zero attached hydrogens (tertiary/aromatic N) is 1. The lowest BCUT2D eigenvalue weighted by Gasteiger charge is -2.34. The fourth-order valence-corrected chi connectivity index (χ4v) is 4.38. The van der Waals surface area contributed by atoms with Crippen molar-refractivity contribution in [3.63, 3.8) is 0 Å². The number of hydrogen-bond donors (Lipinski definition) is 1. The Morgan fingerprint density at radius 1 is 1.00 bits per heavy atom. The summed E-state index contributed by atoms with van der Waals surface area (Å²) in [5.74, 6) is 3.79. The molecular weight excluding hydrogens is 216 g/mol. The van der Waals surface area contributed by atoms with Gasteiger partial charge in [-0.1, -0.05) is 0 Å². The first-order chi connectivity index (χ1) is 7.93. The van der Waals surface area contributed by atoms with Gasteiger partial charge in [0.25, 0.3) is 0 Å². The second-order valence-corrected chi connectivity index (χ2v) is 6.79. The average Bonchev–Trinajstić information content (AvgIpc) is 3.02. The van der Waals surface area contributed by atoms with Crippen LogP contribution in [0.4, 0.5) is 0 Å². The number of piperidine rings is 1. The van der Waals surface area contributed by atoms with Crippen LogP contribution in [0, 0.1) is 5.92 Å². The molecule has 3 aliphatic rings. The normalized spacial score (nSPS) is 32.4. The number of rotatable bonds is 4. The summed E-state index contributed by atoms with van der Waals surface area (Å²) in [5.41, 5.74) is 0. The first-order valence-corrected chi connectivity index (χ1v) is 8.13. The highest BCUT2D eigenvalue weighted by atomic mass is 32.2. The van der Waals surface area contributed by atoms with Crippen molar-refractivity contribution in [1.82, 2.24) is 10.2 Å². The van der Waals surface area contributed by atoms with Crippen molar-refractivity contribution < 1.29 is 0 Å². The monoisotopic (exact) mass is 240 g/mol. The molecule has 0 bridgehead atoms. The Morgan fingerprint density at radius 2 is 1.81 bits per heavy atom. The molecule has 1 saturated carbocycles. The van der Waals surface area contributed by atoms with Crippen molar-refractivity contribution in [1.29, 1.82) is 0 Å². The van der Waals surface area contributed by atoms with Crippen molar-refractivity contribution in [3.8, 4) is 0 Å². The van der Waals surface area contributed by atoms with Gasteiger partial charge in [-0.2, -0.15) is 11.8 Å². The Kier molecular flexibility index (Phi) is 3.75. The van der Waals surface area contributed by atoms with E-state index in [0.29, 0.717) is 0 Å². The van der Waals surface area contributed by atoms with E-state index < -0.39 is 0 Å². The number of thioether (sulfide) groups is 1. The lowest BCUT2D eigenvalue weighted by molar-refractivity contribution is 0.154. The van der Waals surface area contributed by atoms with Gasteiger partial charge in [0.15, 0.2) is 0 Å². The first-order valence-electron chi connectivity index (χ1n) is 6.97. The maximum Gasteiger partial charge on any atom is 0.0197 e. The lowest BCUT2D eigenvalue weighted by Crippen LogP contribution is -2.43. The third-order valence-electron chi connectivity index (χ3n) is 4.32. The molecule has 2 aliphatic heterocycles. The fraction of sp³-hybridized carbons (Fsp3) is 1.00. The summed E-state index contributed by atoms with van der Waals surface area (Å²) in [6.45, 7) is 3.91. The van der Waals surface area contributed by atoms with Gasteiger partial charge in [-0.3, -0.25) is 4.90 Å². The average molecular weight is 240 g/mol. The molecule has 0 aromatic heterocycles. The van der Waals surface area contributed by atoms with Gasteiger partial charge in [-0.25, -0.2) is 0 Å². The van der Waals surface area contributed by atoms with E-state index in [2.05, 4.69) is 22.0 Å². The molecule has 2 nitrogen and oxygen atoms in total. The molecule has 2 saturated heterocycles. The molecule has 92 valence electrons. The molecule has 1 aliphatic carbocycles. The van der Waals surface area contributed by atoms with E-state index >= 15 is 0 Å². The van der Waals surface area contributed by atoms with Gasteiger partial charge < -0.3 is 5.32 Å². The second kappa shape index (κ2) is 5.28. The molecule has 1 N–H and O–H groups in total. The summed E-state index contributed by atoms with van der Waals surface area (Å²) in [6, 6.07) is 1.89. The Morgan fingerprint density at radius 3 is 2.44 bits per heavy atom. The predicted molar refractivity (Wildman–Crippen MR) is 71.1 cm³/mol. The standard InChI is InChI=1S/C13H24N2S/c1-2-12(1)15(13-5-8-16-10-13)9-11-3-6-14-7-4-11/h11-14H,1-10H2. The van der Waals surface area contributed by atoms with E-state index in [1.807, 2.05) is 0 Å². The van der Waals surface area contributed by atoms with Crippen LogP contribution in [0.3, 0.4) is 0 Å². The molecule has 3 rings (SSSR count). The zero-order valence-corrected chi connectivity index (χ0v) is 11.0. The highest BCUT2D eigenvalue weighted by Gasteiger charge is 2.36. The maximum absolute atomic E-state index is 3.48. The molecule has 1 atom stereocenters. The van der Waals surface area contributed by atoms with E-state index in [1.54, 1.807) is 0 Å². The van der Waals surface area contributed by atoms with Crippen LogP contribution in [0.5, 0.6) is 0 Å². The Labute approximate surface area is 104 Å². The van der Waals surface area contributed by atoms with Gasteiger partial charge in [0, 0.05) is 24.4 Å². The fourth-order valence-electron chi connectivity index (χ4n) is 3.15. The minimum atomic E-state index is 0.924. The van der Waals surface area contributed by atoms with Gasteiger partial charge in [0.2, 0.25) is 0 Å². The maximum atomic E-state index is 3.48. The summed E-state index contributed by atoms with van der Waals surface area (Å²) >= 11 is 2.16. The molecule has 3 fully saturated rings. The zero-order valence-electron chi connectivity index (χ0n) is 10.2. The van der Waals surface area contributed by atoms with Crippen LogP contribution in [0.25, 0.3) is 0 Å². The summed E-state index contributed by atoms with van der Waals surface area (Å²) in [7, 11) is 0. The quantitative estimate of drug-likeness (QED) is 0.809. The minimum Gasteiger partial charge on any atom is -0.317 e. The summed E-state index contributed by atoms with van der Waals surface area (Å²) in [4.78, 5) is 2.88. The Balaban J connectivity index is 1.55. The smallest absolute Gasteiger partial charge is 0.0197 e. The SMILES string of the molecule is C1CC(CN(C2CC2)C2CCSC2)CCN1. The van der Waals surface area contributed by atoms with Crippen molar-refractivity contribution in [3.05, 3.63) is 0 Å². The molecule has 0 aromatic carbocycles. The van der Waals surface area contributed by atoms with Crippen LogP contribution in [-0.2, 0) is 0 Å². The molecule has 2 heterocycles. The summed E-state index contributed by atoms with van der Waals surface area (Å²) in [6.07, 6.45) is 7.22. The molecule has 0 spiro atoms. The number of hydrogen-bond acceptors (Lipinski definition) is 3. The molecule has 16 heavy (non-hydrogen) atoms. The second-order valence-electron chi connectivity index (χ2n) is 5.64. The van der Waals surface area contributed by atoms with Gasteiger partial charge in [0.05, 0.1) is 0 Å². The van der Waals surface area contributed by atoms with Crippen molar-refractivity contribution in [2.75, 3.05) is 31.1 Å². The lowest BCUT2D eigenvalue weighted by atomic mass is 9.96. The van der Waals surface area contributed by atoms with Crippen molar-refractivity contribution in [2.45, 2.75) is 44.2 Å². The van der Waals surface area contributed by atoms with Gasteiger partial charge in [-0.05, 0) is 56.9 Å². The third kappa shape index (κ3) is 2.74. The largest absolute Gasteiger partial charge is 0.317 e. The Hall–Kier alpha value is 0.270. The van der Waals surface area contributed by atoms with E-state index in [1.165, 1.54) is 63.2 Å². The van der Waals surface area contributed by atoms with Gasteiger partial charge in [-0.15, -0.1) is 0 Å². The van der Waals surface area contributed by atoms with Gasteiger partial charge >= 0.3 is 0 Å². The van der Waals surface area contributed by atoms with E-state index in [-0.39, 0.29) is 0 Å². The summed E-state index contributed by atoms with van der Waals surface area (Å²) < 4.78 is 0. The highest BCUT2D eigenvalue weighted by molar-refractivity contribution is 7.99. The molecule has 0 aromatic rings. The van der Waals surface area contributed by atoms with Crippen molar-refractivity contribution in [2.24, 2.45) is 5.92 Å². The summed E-state index contributed by atoms with van der Waals surface area (Å²) in [5, 5.41) is 3.48. The first kappa shape index (κ1) is 11.4. The van der Waals surface area contributed by atoms with E-state index in [9.17, 15) is 0 Å². The minimum absolute atomic E-state index is 0.924. The highest BCUT2D eigenvalue weighted by Crippen LogP contribution is 2.34. The molecule has 0 amide bonds. The van der Waals surface area contributed by atoms with Crippen LogP contribution in [0.2, 0.25) is 0 Å². The topological polar surface area (TPSA) is 15.3 Å².